The lowest BCUT2D eigenvalue weighted by Crippen LogP contribution is -2.06. The second-order valence-corrected chi connectivity index (χ2v) is 7.42. The number of hydrogen-bond acceptors (Lipinski definition) is 2. The van der Waals surface area contributed by atoms with Crippen molar-refractivity contribution in [2.45, 2.75) is 0 Å². The zero-order chi connectivity index (χ0) is 19.3. The summed E-state index contributed by atoms with van der Waals surface area (Å²) < 4.78 is 1.04. The molecule has 2 N–H and O–H groups in total. The third-order valence-electron chi connectivity index (χ3n) is 4.56. The molecule has 4 aromatic carbocycles. The van der Waals surface area contributed by atoms with Gasteiger partial charge in [-0.05, 0) is 47.5 Å². The highest BCUT2D eigenvalue weighted by Gasteiger charge is 2.12. The van der Waals surface area contributed by atoms with Crippen LogP contribution in [0.5, 0.6) is 0 Å². The summed E-state index contributed by atoms with van der Waals surface area (Å²) in [6.45, 7) is 0. The maximum Gasteiger partial charge on any atom is 0.0705 e. The number of nitrogens with one attached hydrogen (secondary N) is 2. The van der Waals surface area contributed by atoms with Gasteiger partial charge in [-0.2, -0.15) is 0 Å². The number of rotatable bonds is 5. The summed E-state index contributed by atoms with van der Waals surface area (Å²) in [4.78, 5) is 0. The van der Waals surface area contributed by atoms with E-state index in [2.05, 4.69) is 51.6 Å². The van der Waals surface area contributed by atoms with Gasteiger partial charge in [-0.15, -0.1) is 0 Å². The van der Waals surface area contributed by atoms with Crippen molar-refractivity contribution >= 4 is 33.0 Å². The molecule has 0 aliphatic heterocycles. The van der Waals surface area contributed by atoms with Gasteiger partial charge in [0.05, 0.1) is 5.71 Å². The van der Waals surface area contributed by atoms with Crippen molar-refractivity contribution in [1.82, 2.24) is 0 Å². The van der Waals surface area contributed by atoms with Gasteiger partial charge in [-0.3, -0.25) is 5.41 Å². The van der Waals surface area contributed by atoms with Crippen LogP contribution in [0.3, 0.4) is 0 Å². The van der Waals surface area contributed by atoms with E-state index in [0.29, 0.717) is 5.71 Å². The zero-order valence-corrected chi connectivity index (χ0v) is 16.8. The highest BCUT2D eigenvalue weighted by molar-refractivity contribution is 9.10. The summed E-state index contributed by atoms with van der Waals surface area (Å²) in [6.07, 6.45) is 0. The molecular weight excluding hydrogens is 408 g/mol. The Hall–Kier alpha value is -3.17. The van der Waals surface area contributed by atoms with Crippen molar-refractivity contribution in [1.29, 1.82) is 5.41 Å². The van der Waals surface area contributed by atoms with Gasteiger partial charge in [0.2, 0.25) is 0 Å². The summed E-state index contributed by atoms with van der Waals surface area (Å²) in [5.74, 6) is 0. The third kappa shape index (κ3) is 4.05. The molecule has 28 heavy (non-hydrogen) atoms. The van der Waals surface area contributed by atoms with Gasteiger partial charge in [-0.1, -0.05) is 82.7 Å². The second kappa shape index (κ2) is 8.24. The predicted molar refractivity (Wildman–Crippen MR) is 122 cm³/mol. The van der Waals surface area contributed by atoms with Crippen LogP contribution in [-0.4, -0.2) is 5.71 Å². The smallest absolute Gasteiger partial charge is 0.0705 e. The van der Waals surface area contributed by atoms with E-state index in [1.807, 2.05) is 72.8 Å². The summed E-state index contributed by atoms with van der Waals surface area (Å²) in [5, 5.41) is 12.3. The average molecular weight is 427 g/mol. The van der Waals surface area contributed by atoms with Crippen molar-refractivity contribution in [2.24, 2.45) is 0 Å². The molecule has 0 aliphatic carbocycles. The van der Waals surface area contributed by atoms with Crippen molar-refractivity contribution < 1.29 is 0 Å². The van der Waals surface area contributed by atoms with Gasteiger partial charge in [0.25, 0.3) is 0 Å². The fraction of sp³-hybridized carbons (Fsp3) is 0. The van der Waals surface area contributed by atoms with Gasteiger partial charge in [0.1, 0.15) is 0 Å². The van der Waals surface area contributed by atoms with Gasteiger partial charge in [0.15, 0.2) is 0 Å². The summed E-state index contributed by atoms with van der Waals surface area (Å²) in [7, 11) is 0. The van der Waals surface area contributed by atoms with Crippen LogP contribution in [0, 0.1) is 5.41 Å². The normalized spacial score (nSPS) is 10.5. The molecule has 0 atom stereocenters. The second-order valence-electron chi connectivity index (χ2n) is 6.50. The van der Waals surface area contributed by atoms with E-state index in [4.69, 9.17) is 5.41 Å². The maximum atomic E-state index is 8.83. The Morgan fingerprint density at radius 1 is 0.679 bits per heavy atom. The Morgan fingerprint density at radius 2 is 1.36 bits per heavy atom. The highest BCUT2D eigenvalue weighted by atomic mass is 79.9. The number of halogens is 1. The van der Waals surface area contributed by atoms with Gasteiger partial charge < -0.3 is 5.32 Å². The molecule has 0 fully saturated rings. The average Bonchev–Trinajstić information content (AvgIpc) is 2.75. The number of anilines is 2. The Kier molecular flexibility index (Phi) is 5.36. The van der Waals surface area contributed by atoms with E-state index < -0.39 is 0 Å². The first kappa shape index (κ1) is 18.2. The summed E-state index contributed by atoms with van der Waals surface area (Å²) >= 11 is 3.55. The Morgan fingerprint density at radius 3 is 2.07 bits per heavy atom. The number of benzene rings is 4. The van der Waals surface area contributed by atoms with Gasteiger partial charge in [-0.25, -0.2) is 0 Å². The molecule has 4 aromatic rings. The standard InChI is InChI=1S/C25H19BrN2/c26-21-11-7-10-19(16-21)20-14-15-24(28-22-12-5-2-6-13-22)23(17-20)25(27)18-8-3-1-4-9-18/h1-17,27-28H. The first-order valence-electron chi connectivity index (χ1n) is 9.07. The minimum absolute atomic E-state index is 0.496. The van der Waals surface area contributed by atoms with Crippen LogP contribution in [0.2, 0.25) is 0 Å². The van der Waals surface area contributed by atoms with Crippen LogP contribution in [0.1, 0.15) is 11.1 Å². The minimum Gasteiger partial charge on any atom is -0.355 e. The van der Waals surface area contributed by atoms with Crippen LogP contribution >= 0.6 is 15.9 Å². The molecule has 0 bridgehead atoms. The van der Waals surface area contributed by atoms with E-state index in [-0.39, 0.29) is 0 Å². The Bertz CT molecular complexity index is 1110. The lowest BCUT2D eigenvalue weighted by atomic mass is 9.96. The lowest BCUT2D eigenvalue weighted by molar-refractivity contribution is 1.44. The van der Waals surface area contributed by atoms with Crippen LogP contribution in [0.25, 0.3) is 11.1 Å². The molecule has 136 valence electrons. The molecular formula is C25H19BrN2. The van der Waals surface area contributed by atoms with E-state index in [1.165, 1.54) is 0 Å². The molecule has 2 nitrogen and oxygen atoms in total. The molecule has 0 heterocycles. The van der Waals surface area contributed by atoms with Crippen LogP contribution in [0.15, 0.2) is 108 Å². The van der Waals surface area contributed by atoms with Crippen molar-refractivity contribution in [3.05, 3.63) is 119 Å². The molecule has 0 radical (unpaired) electrons. The van der Waals surface area contributed by atoms with Crippen LogP contribution in [0.4, 0.5) is 11.4 Å². The number of hydrogen-bond donors (Lipinski definition) is 2. The van der Waals surface area contributed by atoms with E-state index in [1.54, 1.807) is 0 Å². The molecule has 3 heteroatoms. The molecule has 0 saturated heterocycles. The van der Waals surface area contributed by atoms with Crippen LogP contribution < -0.4 is 5.32 Å². The molecule has 0 aromatic heterocycles. The van der Waals surface area contributed by atoms with Crippen molar-refractivity contribution in [3.63, 3.8) is 0 Å². The lowest BCUT2D eigenvalue weighted by Gasteiger charge is -2.15. The third-order valence-corrected chi connectivity index (χ3v) is 5.06. The first-order chi connectivity index (χ1) is 13.7. The maximum absolute atomic E-state index is 8.83. The predicted octanol–water partition coefficient (Wildman–Crippen LogP) is 7.28. The van der Waals surface area contributed by atoms with E-state index in [0.717, 1.165) is 38.1 Å². The van der Waals surface area contributed by atoms with Crippen LogP contribution in [-0.2, 0) is 0 Å². The highest BCUT2D eigenvalue weighted by Crippen LogP contribution is 2.30. The molecule has 0 spiro atoms. The Labute approximate surface area is 173 Å². The topological polar surface area (TPSA) is 35.9 Å². The van der Waals surface area contributed by atoms with E-state index in [9.17, 15) is 0 Å². The van der Waals surface area contributed by atoms with E-state index >= 15 is 0 Å². The fourth-order valence-corrected chi connectivity index (χ4v) is 3.54. The van der Waals surface area contributed by atoms with Crippen molar-refractivity contribution in [2.75, 3.05) is 5.32 Å². The minimum atomic E-state index is 0.496. The molecule has 0 saturated carbocycles. The van der Waals surface area contributed by atoms with Gasteiger partial charge in [0, 0.05) is 27.0 Å². The summed E-state index contributed by atoms with van der Waals surface area (Å²) in [6, 6.07) is 34.3. The Balaban J connectivity index is 1.80. The monoisotopic (exact) mass is 426 g/mol. The largest absolute Gasteiger partial charge is 0.355 e. The SMILES string of the molecule is N=C(c1ccccc1)c1cc(-c2cccc(Br)c2)ccc1Nc1ccccc1. The fourth-order valence-electron chi connectivity index (χ4n) is 3.15. The van der Waals surface area contributed by atoms with Crippen molar-refractivity contribution in [3.8, 4) is 11.1 Å². The number of para-hydroxylation sites is 1. The van der Waals surface area contributed by atoms with Gasteiger partial charge >= 0.3 is 0 Å². The molecule has 0 aliphatic rings. The molecule has 0 unspecified atom stereocenters. The molecule has 4 rings (SSSR count). The summed E-state index contributed by atoms with van der Waals surface area (Å²) in [5.41, 5.74) is 6.37. The quantitative estimate of drug-likeness (QED) is 0.323. The first-order valence-corrected chi connectivity index (χ1v) is 9.86. The zero-order valence-electron chi connectivity index (χ0n) is 15.2. The molecule has 0 amide bonds.